The molecule has 0 aliphatic heterocycles. The molecule has 0 radical (unpaired) electrons. The maximum atomic E-state index is 12.8. The van der Waals surface area contributed by atoms with E-state index in [-0.39, 0.29) is 10.9 Å². The number of sulfonamides is 1. The zero-order valence-electron chi connectivity index (χ0n) is 13.3. The molecule has 4 nitrogen and oxygen atoms in total. The van der Waals surface area contributed by atoms with Crippen molar-refractivity contribution in [3.63, 3.8) is 0 Å². The van der Waals surface area contributed by atoms with E-state index in [1.165, 1.54) is 7.11 Å². The highest BCUT2D eigenvalue weighted by atomic mass is 79.9. The number of hydrogen-bond acceptors (Lipinski definition) is 3. The predicted octanol–water partition coefficient (Wildman–Crippen LogP) is 4.20. The van der Waals surface area contributed by atoms with Gasteiger partial charge in [-0.25, -0.2) is 13.1 Å². The molecule has 0 aliphatic carbocycles. The minimum absolute atomic E-state index is 0.125. The van der Waals surface area contributed by atoms with Crippen molar-refractivity contribution in [2.24, 2.45) is 0 Å². The van der Waals surface area contributed by atoms with Gasteiger partial charge in [-0.05, 0) is 37.1 Å². The average Bonchev–Trinajstić information content (AvgIpc) is 2.53. The van der Waals surface area contributed by atoms with Crippen LogP contribution in [0.4, 0.5) is 0 Å². The van der Waals surface area contributed by atoms with E-state index in [1.807, 2.05) is 38.1 Å². The molecule has 0 aliphatic rings. The smallest absolute Gasteiger partial charge is 0.244 e. The third-order valence-corrected chi connectivity index (χ3v) is 5.59. The molecule has 0 spiro atoms. The number of ether oxygens (including phenoxy) is 1. The van der Waals surface area contributed by atoms with Crippen LogP contribution >= 0.6 is 15.9 Å². The Balaban J connectivity index is 2.36. The molecule has 1 atom stereocenters. The van der Waals surface area contributed by atoms with Crippen molar-refractivity contribution in [1.29, 1.82) is 0 Å². The first-order valence-electron chi connectivity index (χ1n) is 7.30. The van der Waals surface area contributed by atoms with Crippen LogP contribution in [0.5, 0.6) is 5.75 Å². The molecule has 0 fully saturated rings. The molecule has 0 amide bonds. The third kappa shape index (κ3) is 4.34. The number of benzene rings is 2. The molecule has 0 aromatic heterocycles. The van der Waals surface area contributed by atoms with E-state index in [1.54, 1.807) is 18.2 Å². The van der Waals surface area contributed by atoms with Crippen LogP contribution in [0.15, 0.2) is 51.8 Å². The molecule has 2 aromatic carbocycles. The van der Waals surface area contributed by atoms with Gasteiger partial charge in [0, 0.05) is 10.5 Å². The standard InChI is InChI=1S/C17H20BrNO3S/c1-4-15(13-7-5-12(2)6-8-13)19-23(20,21)17-11-14(18)9-10-16(17)22-3/h5-11,15,19H,4H2,1-3H3. The maximum absolute atomic E-state index is 12.8. The predicted molar refractivity (Wildman–Crippen MR) is 95.2 cm³/mol. The lowest BCUT2D eigenvalue weighted by Gasteiger charge is -2.19. The topological polar surface area (TPSA) is 55.4 Å². The van der Waals surface area contributed by atoms with Crippen molar-refractivity contribution in [2.45, 2.75) is 31.2 Å². The van der Waals surface area contributed by atoms with E-state index < -0.39 is 10.0 Å². The zero-order valence-corrected chi connectivity index (χ0v) is 15.7. The van der Waals surface area contributed by atoms with Gasteiger partial charge in [0.05, 0.1) is 7.11 Å². The van der Waals surface area contributed by atoms with Crippen LogP contribution in [-0.4, -0.2) is 15.5 Å². The van der Waals surface area contributed by atoms with Crippen molar-refractivity contribution in [2.75, 3.05) is 7.11 Å². The minimum atomic E-state index is -3.70. The number of halogens is 1. The van der Waals surface area contributed by atoms with Gasteiger partial charge >= 0.3 is 0 Å². The molecule has 1 N–H and O–H groups in total. The second kappa shape index (κ2) is 7.47. The Morgan fingerprint density at radius 2 is 1.83 bits per heavy atom. The van der Waals surface area contributed by atoms with E-state index in [4.69, 9.17) is 4.74 Å². The van der Waals surface area contributed by atoms with Gasteiger partial charge in [-0.1, -0.05) is 52.7 Å². The Kier molecular flexibility index (Phi) is 5.84. The number of methoxy groups -OCH3 is 1. The summed E-state index contributed by atoms with van der Waals surface area (Å²) in [5.74, 6) is 0.319. The van der Waals surface area contributed by atoms with Crippen LogP contribution in [-0.2, 0) is 10.0 Å². The zero-order chi connectivity index (χ0) is 17.0. The average molecular weight is 398 g/mol. The van der Waals surface area contributed by atoms with E-state index in [0.717, 1.165) is 11.1 Å². The molecule has 0 bridgehead atoms. The van der Waals surface area contributed by atoms with Crippen molar-refractivity contribution in [3.05, 3.63) is 58.1 Å². The van der Waals surface area contributed by atoms with Crippen molar-refractivity contribution >= 4 is 26.0 Å². The van der Waals surface area contributed by atoms with Crippen LogP contribution in [0.2, 0.25) is 0 Å². The molecule has 0 heterocycles. The highest BCUT2D eigenvalue weighted by Gasteiger charge is 2.24. The normalized spacial score (nSPS) is 12.9. The quantitative estimate of drug-likeness (QED) is 0.794. The fourth-order valence-electron chi connectivity index (χ4n) is 2.30. The molecule has 6 heteroatoms. The molecule has 0 saturated heterocycles. The second-order valence-electron chi connectivity index (χ2n) is 5.29. The highest BCUT2D eigenvalue weighted by molar-refractivity contribution is 9.10. The Hall–Kier alpha value is -1.37. The largest absolute Gasteiger partial charge is 0.495 e. The van der Waals surface area contributed by atoms with Gasteiger partial charge in [0.1, 0.15) is 10.6 Å². The van der Waals surface area contributed by atoms with Crippen LogP contribution in [0.25, 0.3) is 0 Å². The highest BCUT2D eigenvalue weighted by Crippen LogP contribution is 2.29. The molecule has 2 rings (SSSR count). The second-order valence-corrected chi connectivity index (χ2v) is 7.89. The van der Waals surface area contributed by atoms with Gasteiger partial charge in [0.2, 0.25) is 10.0 Å². The number of nitrogens with one attached hydrogen (secondary N) is 1. The van der Waals surface area contributed by atoms with E-state index in [0.29, 0.717) is 16.6 Å². The van der Waals surface area contributed by atoms with Crippen molar-refractivity contribution < 1.29 is 13.2 Å². The minimum Gasteiger partial charge on any atom is -0.495 e. The number of rotatable bonds is 6. The summed E-state index contributed by atoms with van der Waals surface area (Å²) in [5.41, 5.74) is 2.08. The van der Waals surface area contributed by atoms with Crippen LogP contribution in [0.3, 0.4) is 0 Å². The molecular formula is C17H20BrNO3S. The first-order valence-corrected chi connectivity index (χ1v) is 9.57. The lowest BCUT2D eigenvalue weighted by atomic mass is 10.0. The summed E-state index contributed by atoms with van der Waals surface area (Å²) in [4.78, 5) is 0.125. The van der Waals surface area contributed by atoms with E-state index in [2.05, 4.69) is 20.7 Å². The monoisotopic (exact) mass is 397 g/mol. The molecule has 1 unspecified atom stereocenters. The van der Waals surface area contributed by atoms with Gasteiger partial charge < -0.3 is 4.74 Å². The molecule has 0 saturated carbocycles. The summed E-state index contributed by atoms with van der Waals surface area (Å²) in [6.45, 7) is 3.95. The summed E-state index contributed by atoms with van der Waals surface area (Å²) >= 11 is 3.31. The van der Waals surface area contributed by atoms with Gasteiger partial charge in [-0.3, -0.25) is 0 Å². The van der Waals surface area contributed by atoms with E-state index >= 15 is 0 Å². The SMILES string of the molecule is CCC(NS(=O)(=O)c1cc(Br)ccc1OC)c1ccc(C)cc1. The number of hydrogen-bond donors (Lipinski definition) is 1. The first-order chi connectivity index (χ1) is 10.9. The van der Waals surface area contributed by atoms with Crippen molar-refractivity contribution in [1.82, 2.24) is 4.72 Å². The Bertz CT molecular complexity index is 773. The summed E-state index contributed by atoms with van der Waals surface area (Å²) in [6, 6.07) is 12.5. The molecule has 2 aromatic rings. The molecule has 124 valence electrons. The lowest BCUT2D eigenvalue weighted by molar-refractivity contribution is 0.401. The molecular weight excluding hydrogens is 378 g/mol. The summed E-state index contributed by atoms with van der Waals surface area (Å²) in [6.07, 6.45) is 0.651. The fraction of sp³-hybridized carbons (Fsp3) is 0.294. The lowest BCUT2D eigenvalue weighted by Crippen LogP contribution is -2.28. The van der Waals surface area contributed by atoms with Crippen LogP contribution < -0.4 is 9.46 Å². The summed E-state index contributed by atoms with van der Waals surface area (Å²) in [7, 11) is -2.24. The number of aryl methyl sites for hydroxylation is 1. The van der Waals surface area contributed by atoms with Gasteiger partial charge in [-0.15, -0.1) is 0 Å². The summed E-state index contributed by atoms with van der Waals surface area (Å²) < 4.78 is 34.2. The van der Waals surface area contributed by atoms with Crippen LogP contribution in [0, 0.1) is 6.92 Å². The Morgan fingerprint density at radius 1 is 1.17 bits per heavy atom. The van der Waals surface area contributed by atoms with Crippen LogP contribution in [0.1, 0.15) is 30.5 Å². The van der Waals surface area contributed by atoms with E-state index in [9.17, 15) is 8.42 Å². The molecule has 23 heavy (non-hydrogen) atoms. The van der Waals surface area contributed by atoms with Gasteiger partial charge in [0.25, 0.3) is 0 Å². The third-order valence-electron chi connectivity index (χ3n) is 3.60. The Morgan fingerprint density at radius 3 is 2.39 bits per heavy atom. The Labute approximate surface area is 146 Å². The summed E-state index contributed by atoms with van der Waals surface area (Å²) in [5, 5.41) is 0. The maximum Gasteiger partial charge on any atom is 0.244 e. The first kappa shape index (κ1) is 18.0. The fourth-order valence-corrected chi connectivity index (χ4v) is 4.31. The van der Waals surface area contributed by atoms with Gasteiger partial charge in [0.15, 0.2) is 0 Å². The van der Waals surface area contributed by atoms with Crippen molar-refractivity contribution in [3.8, 4) is 5.75 Å². The van der Waals surface area contributed by atoms with Gasteiger partial charge in [-0.2, -0.15) is 0 Å².